The van der Waals surface area contributed by atoms with Crippen molar-refractivity contribution in [3.63, 3.8) is 0 Å². The summed E-state index contributed by atoms with van der Waals surface area (Å²) in [5, 5.41) is 0. The molecule has 1 aliphatic heterocycles. The lowest BCUT2D eigenvalue weighted by Gasteiger charge is -2.33. The Hall–Kier alpha value is -1.29. The van der Waals surface area contributed by atoms with E-state index in [0.29, 0.717) is 5.92 Å². The second-order valence-electron chi connectivity index (χ2n) is 6.77. The second kappa shape index (κ2) is 26.7. The molecular weight excluding hydrogens is 362 g/mol. The molecule has 0 atom stereocenters. The van der Waals surface area contributed by atoms with Gasteiger partial charge in [0.25, 0.3) is 0 Å². The Labute approximate surface area is 183 Å². The van der Waals surface area contributed by atoms with Gasteiger partial charge in [-0.1, -0.05) is 47.6 Å². The van der Waals surface area contributed by atoms with E-state index in [1.807, 2.05) is 73.3 Å². The summed E-state index contributed by atoms with van der Waals surface area (Å²) in [4.78, 5) is 13.8. The lowest BCUT2D eigenvalue weighted by molar-refractivity contribution is 0.0116. The number of nitrogens with zero attached hydrogens (tertiary/aromatic N) is 1. The summed E-state index contributed by atoms with van der Waals surface area (Å²) in [5.41, 5.74) is -0.414. The predicted octanol–water partition coefficient (Wildman–Crippen LogP) is 7.89. The third-order valence-electron chi connectivity index (χ3n) is 3.57. The van der Waals surface area contributed by atoms with Crippen LogP contribution in [-0.4, -0.2) is 42.9 Å². The number of hydrogen-bond acceptors (Lipinski definition) is 3. The first-order valence-electron chi connectivity index (χ1n) is 11.6. The zero-order valence-corrected chi connectivity index (χ0v) is 21.3. The number of hydrogen-bond donors (Lipinski definition) is 0. The zero-order valence-electron chi connectivity index (χ0n) is 21.3. The fourth-order valence-corrected chi connectivity index (χ4v) is 2.35. The number of carbonyl (C=O) groups excluding carboxylic acids is 1. The molecule has 29 heavy (non-hydrogen) atoms. The van der Waals surface area contributed by atoms with E-state index in [2.05, 4.69) is 19.7 Å². The van der Waals surface area contributed by atoms with E-state index in [9.17, 15) is 4.79 Å². The number of amides is 1. The Morgan fingerprint density at radius 1 is 1.00 bits per heavy atom. The predicted molar refractivity (Wildman–Crippen MR) is 131 cm³/mol. The SMILES string of the molecule is C=C.C=CCCCCOCC1CCN(C(=O)OC(C)(C)C)CC1.CC.CC.CC. The van der Waals surface area contributed by atoms with Crippen molar-refractivity contribution in [1.29, 1.82) is 0 Å². The molecule has 4 heteroatoms. The van der Waals surface area contributed by atoms with Crippen LogP contribution in [0.15, 0.2) is 25.8 Å². The largest absolute Gasteiger partial charge is 0.444 e. The average molecular weight is 416 g/mol. The lowest BCUT2D eigenvalue weighted by Crippen LogP contribution is -2.42. The first-order chi connectivity index (χ1) is 13.9. The van der Waals surface area contributed by atoms with Crippen molar-refractivity contribution in [1.82, 2.24) is 4.90 Å². The maximum absolute atomic E-state index is 11.9. The summed E-state index contributed by atoms with van der Waals surface area (Å²) in [6.07, 6.45) is 7.09. The standard InChI is InChI=1S/C17H31NO3.3C2H6.C2H4/c1-5-6-7-8-13-20-14-15-9-11-18(12-10-15)16(19)21-17(2,3)4;4*1-2/h5,15H,1,6-14H2,2-4H3;3*1-2H3;1-2H2. The van der Waals surface area contributed by atoms with Crippen LogP contribution in [0.25, 0.3) is 0 Å². The molecule has 0 aliphatic carbocycles. The van der Waals surface area contributed by atoms with Crippen LogP contribution in [-0.2, 0) is 9.47 Å². The van der Waals surface area contributed by atoms with E-state index in [1.165, 1.54) is 0 Å². The molecule has 0 aromatic rings. The highest BCUT2D eigenvalue weighted by Gasteiger charge is 2.26. The zero-order chi connectivity index (χ0) is 23.7. The molecule has 0 aromatic carbocycles. The van der Waals surface area contributed by atoms with Gasteiger partial charge in [0.15, 0.2) is 0 Å². The molecule has 1 fully saturated rings. The molecule has 0 bridgehead atoms. The quantitative estimate of drug-likeness (QED) is 0.313. The van der Waals surface area contributed by atoms with Crippen LogP contribution in [0.1, 0.15) is 94.4 Å². The maximum Gasteiger partial charge on any atom is 0.410 e. The third-order valence-corrected chi connectivity index (χ3v) is 3.57. The van der Waals surface area contributed by atoms with Crippen LogP contribution in [0.2, 0.25) is 0 Å². The summed E-state index contributed by atoms with van der Waals surface area (Å²) in [5.74, 6) is 0.572. The minimum atomic E-state index is -0.414. The number of likely N-dealkylation sites (tertiary alicyclic amines) is 1. The monoisotopic (exact) mass is 415 g/mol. The van der Waals surface area contributed by atoms with Gasteiger partial charge in [-0.3, -0.25) is 0 Å². The molecule has 0 radical (unpaired) electrons. The van der Waals surface area contributed by atoms with Crippen molar-refractivity contribution in [3.8, 4) is 0 Å². The summed E-state index contributed by atoms with van der Waals surface area (Å²) < 4.78 is 11.1. The molecule has 0 aromatic heterocycles. The molecule has 1 aliphatic rings. The molecule has 1 heterocycles. The van der Waals surface area contributed by atoms with Gasteiger partial charge in [0, 0.05) is 26.3 Å². The second-order valence-corrected chi connectivity index (χ2v) is 6.77. The highest BCUT2D eigenvalue weighted by Crippen LogP contribution is 2.20. The minimum absolute atomic E-state index is 0.189. The van der Waals surface area contributed by atoms with Gasteiger partial charge in [-0.25, -0.2) is 4.79 Å². The van der Waals surface area contributed by atoms with Gasteiger partial charge in [-0.2, -0.15) is 0 Å². The van der Waals surface area contributed by atoms with Gasteiger partial charge in [0.2, 0.25) is 0 Å². The van der Waals surface area contributed by atoms with E-state index in [0.717, 1.165) is 58.4 Å². The third kappa shape index (κ3) is 24.7. The Morgan fingerprint density at radius 3 is 1.90 bits per heavy atom. The van der Waals surface area contributed by atoms with Crippen LogP contribution in [0.3, 0.4) is 0 Å². The van der Waals surface area contributed by atoms with Gasteiger partial charge >= 0.3 is 6.09 Å². The van der Waals surface area contributed by atoms with Crippen molar-refractivity contribution in [2.24, 2.45) is 5.92 Å². The summed E-state index contributed by atoms with van der Waals surface area (Å²) in [7, 11) is 0. The molecular formula is C25H53NO3. The molecule has 0 N–H and O–H groups in total. The number of rotatable bonds is 7. The van der Waals surface area contributed by atoms with Gasteiger partial charge in [-0.15, -0.1) is 19.7 Å². The van der Waals surface area contributed by atoms with Crippen molar-refractivity contribution in [2.45, 2.75) is 100 Å². The van der Waals surface area contributed by atoms with E-state index in [1.54, 1.807) is 0 Å². The molecule has 4 nitrogen and oxygen atoms in total. The average Bonchev–Trinajstić information content (AvgIpc) is 2.75. The van der Waals surface area contributed by atoms with E-state index < -0.39 is 5.60 Å². The van der Waals surface area contributed by atoms with Gasteiger partial charge < -0.3 is 14.4 Å². The van der Waals surface area contributed by atoms with Crippen molar-refractivity contribution >= 4 is 6.09 Å². The lowest BCUT2D eigenvalue weighted by atomic mass is 9.98. The van der Waals surface area contributed by atoms with Crippen LogP contribution in [0, 0.1) is 5.92 Å². The first kappa shape index (κ1) is 35.2. The number of piperidine rings is 1. The van der Waals surface area contributed by atoms with E-state index in [4.69, 9.17) is 9.47 Å². The molecule has 0 unspecified atom stereocenters. The fraction of sp³-hybridized carbons (Fsp3) is 0.800. The number of allylic oxidation sites excluding steroid dienone is 1. The smallest absolute Gasteiger partial charge is 0.410 e. The van der Waals surface area contributed by atoms with Crippen LogP contribution >= 0.6 is 0 Å². The van der Waals surface area contributed by atoms with Crippen LogP contribution in [0.5, 0.6) is 0 Å². The molecule has 1 saturated heterocycles. The fourth-order valence-electron chi connectivity index (χ4n) is 2.35. The van der Waals surface area contributed by atoms with Crippen molar-refractivity contribution < 1.29 is 14.3 Å². The van der Waals surface area contributed by atoms with Crippen LogP contribution < -0.4 is 0 Å². The molecule has 176 valence electrons. The molecule has 0 spiro atoms. The normalized spacial score (nSPS) is 12.9. The molecule has 0 saturated carbocycles. The Morgan fingerprint density at radius 2 is 1.48 bits per heavy atom. The summed E-state index contributed by atoms with van der Waals surface area (Å²) in [6.45, 7) is 30.6. The van der Waals surface area contributed by atoms with E-state index in [-0.39, 0.29) is 6.09 Å². The highest BCUT2D eigenvalue weighted by molar-refractivity contribution is 5.68. The van der Waals surface area contributed by atoms with Crippen molar-refractivity contribution in [3.05, 3.63) is 25.8 Å². The highest BCUT2D eigenvalue weighted by atomic mass is 16.6. The van der Waals surface area contributed by atoms with Gasteiger partial charge in [0.1, 0.15) is 5.60 Å². The Bertz CT molecular complexity index is 329. The number of unbranched alkanes of at least 4 members (excludes halogenated alkanes) is 2. The first-order valence-corrected chi connectivity index (χ1v) is 11.6. The van der Waals surface area contributed by atoms with E-state index >= 15 is 0 Å². The maximum atomic E-state index is 11.9. The van der Waals surface area contributed by atoms with Crippen LogP contribution in [0.4, 0.5) is 4.79 Å². The minimum Gasteiger partial charge on any atom is -0.444 e. The molecule has 1 rings (SSSR count). The molecule has 1 amide bonds. The summed E-state index contributed by atoms with van der Waals surface area (Å²) >= 11 is 0. The number of ether oxygens (including phenoxy) is 2. The Balaban J connectivity index is -0.000000347. The number of carbonyl (C=O) groups is 1. The summed E-state index contributed by atoms with van der Waals surface area (Å²) in [6, 6.07) is 0. The van der Waals surface area contributed by atoms with Gasteiger partial charge in [-0.05, 0) is 58.8 Å². The topological polar surface area (TPSA) is 38.8 Å². The Kier molecular flexibility index (Phi) is 32.4. The van der Waals surface area contributed by atoms with Gasteiger partial charge in [0.05, 0.1) is 0 Å². The van der Waals surface area contributed by atoms with Crippen molar-refractivity contribution in [2.75, 3.05) is 26.3 Å².